The second-order valence-electron chi connectivity index (χ2n) is 5.40. The number of nitrogens with two attached hydrogens (primary N) is 1. The fourth-order valence-corrected chi connectivity index (χ4v) is 2.43. The van der Waals surface area contributed by atoms with Crippen molar-refractivity contribution < 1.29 is 14.7 Å². The summed E-state index contributed by atoms with van der Waals surface area (Å²) in [5.74, 6) is 0. The molecule has 3 N–H and O–H groups in total. The highest BCUT2D eigenvalue weighted by Crippen LogP contribution is 2.37. The molecule has 1 aliphatic heterocycles. The van der Waals surface area contributed by atoms with Gasteiger partial charge in [-0.05, 0) is 27.7 Å². The molecular formula is C10H22Cl2N2O3. The van der Waals surface area contributed by atoms with Gasteiger partial charge in [-0.1, -0.05) is 0 Å². The topological polar surface area (TPSA) is 75.8 Å². The summed E-state index contributed by atoms with van der Waals surface area (Å²) in [6.45, 7) is 7.63. The number of rotatable bonds is 1. The van der Waals surface area contributed by atoms with Gasteiger partial charge in [0, 0.05) is 23.9 Å². The Morgan fingerprint density at radius 3 is 1.88 bits per heavy atom. The predicted octanol–water partition coefficient (Wildman–Crippen LogP) is 2.34. The number of hydrogen-bond acceptors (Lipinski definition) is 4. The van der Waals surface area contributed by atoms with Crippen molar-refractivity contribution >= 4 is 30.9 Å². The summed E-state index contributed by atoms with van der Waals surface area (Å²) in [4.78, 5) is 10.7. The zero-order valence-electron chi connectivity index (χ0n) is 10.6. The first-order valence-electron chi connectivity index (χ1n) is 5.10. The number of ether oxygens (including phenoxy) is 1. The van der Waals surface area contributed by atoms with E-state index in [2.05, 4.69) is 0 Å². The number of hydrogen-bond donors (Lipinski definition) is 2. The monoisotopic (exact) mass is 288 g/mol. The molecule has 0 aliphatic carbocycles. The molecule has 1 rings (SSSR count). The molecule has 0 aromatic carbocycles. The number of carbonyl (C=O) groups excluding carboxylic acids is 1. The van der Waals surface area contributed by atoms with Crippen LogP contribution in [0.4, 0.5) is 4.79 Å². The number of piperidine rings is 1. The van der Waals surface area contributed by atoms with Crippen molar-refractivity contribution in [1.29, 1.82) is 0 Å². The molecule has 0 unspecified atom stereocenters. The average molecular weight is 289 g/mol. The van der Waals surface area contributed by atoms with Crippen LogP contribution in [0.5, 0.6) is 0 Å². The van der Waals surface area contributed by atoms with Crippen LogP contribution < -0.4 is 5.73 Å². The first kappa shape index (κ1) is 19.1. The summed E-state index contributed by atoms with van der Waals surface area (Å²) in [5, 5.41) is 11.3. The Kier molecular flexibility index (Phi) is 6.85. The van der Waals surface area contributed by atoms with Crippen molar-refractivity contribution in [3.63, 3.8) is 0 Å². The smallest absolute Gasteiger partial charge is 0.404 e. The molecule has 1 fully saturated rings. The number of hydroxylamine groups is 2. The van der Waals surface area contributed by atoms with E-state index in [1.807, 2.05) is 27.7 Å². The van der Waals surface area contributed by atoms with Crippen LogP contribution in [-0.4, -0.2) is 33.5 Å². The van der Waals surface area contributed by atoms with Gasteiger partial charge in [-0.2, -0.15) is 5.06 Å². The molecule has 0 atom stereocenters. The third-order valence-corrected chi connectivity index (χ3v) is 2.88. The number of carbonyl (C=O) groups is 1. The minimum atomic E-state index is -0.752. The van der Waals surface area contributed by atoms with Gasteiger partial charge >= 0.3 is 6.09 Å². The van der Waals surface area contributed by atoms with E-state index in [-0.39, 0.29) is 30.9 Å². The molecule has 7 heteroatoms. The lowest BCUT2D eigenvalue weighted by Gasteiger charge is -2.50. The number of amides is 1. The van der Waals surface area contributed by atoms with Crippen LogP contribution in [0.2, 0.25) is 0 Å². The summed E-state index contributed by atoms with van der Waals surface area (Å²) in [6, 6.07) is 0. The molecule has 0 aromatic rings. The van der Waals surface area contributed by atoms with Crippen molar-refractivity contribution in [3.05, 3.63) is 0 Å². The van der Waals surface area contributed by atoms with Crippen LogP contribution in [0.3, 0.4) is 0 Å². The molecule has 0 saturated carbocycles. The van der Waals surface area contributed by atoms with Gasteiger partial charge in [0.15, 0.2) is 0 Å². The Morgan fingerprint density at radius 2 is 1.59 bits per heavy atom. The highest BCUT2D eigenvalue weighted by atomic mass is 35.5. The zero-order valence-corrected chi connectivity index (χ0v) is 12.2. The highest BCUT2D eigenvalue weighted by Gasteiger charge is 2.46. The third-order valence-electron chi connectivity index (χ3n) is 2.88. The van der Waals surface area contributed by atoms with E-state index in [4.69, 9.17) is 10.5 Å². The summed E-state index contributed by atoms with van der Waals surface area (Å²) in [7, 11) is 0. The van der Waals surface area contributed by atoms with Crippen LogP contribution in [0.1, 0.15) is 40.5 Å². The molecule has 1 saturated heterocycles. The summed E-state index contributed by atoms with van der Waals surface area (Å²) in [5.41, 5.74) is 4.17. The van der Waals surface area contributed by atoms with Gasteiger partial charge in [-0.3, -0.25) is 0 Å². The lowest BCUT2D eigenvalue weighted by atomic mass is 9.80. The molecule has 0 radical (unpaired) electrons. The minimum Gasteiger partial charge on any atom is -0.446 e. The van der Waals surface area contributed by atoms with Crippen molar-refractivity contribution in [2.75, 3.05) is 0 Å². The van der Waals surface area contributed by atoms with Crippen LogP contribution >= 0.6 is 24.8 Å². The molecule has 0 bridgehead atoms. The first-order valence-corrected chi connectivity index (χ1v) is 5.10. The van der Waals surface area contributed by atoms with Gasteiger partial charge in [0.05, 0.1) is 0 Å². The van der Waals surface area contributed by atoms with Crippen LogP contribution in [0.15, 0.2) is 0 Å². The van der Waals surface area contributed by atoms with E-state index in [0.29, 0.717) is 12.8 Å². The van der Waals surface area contributed by atoms with E-state index in [1.165, 1.54) is 5.06 Å². The van der Waals surface area contributed by atoms with Gasteiger partial charge in [-0.25, -0.2) is 4.79 Å². The predicted molar refractivity (Wildman–Crippen MR) is 70.0 cm³/mol. The summed E-state index contributed by atoms with van der Waals surface area (Å²) >= 11 is 0. The number of nitrogens with zero attached hydrogens (tertiary/aromatic N) is 1. The van der Waals surface area contributed by atoms with Gasteiger partial charge in [0.25, 0.3) is 0 Å². The second-order valence-corrected chi connectivity index (χ2v) is 5.40. The Balaban J connectivity index is 0. The van der Waals surface area contributed by atoms with Crippen LogP contribution in [-0.2, 0) is 4.74 Å². The van der Waals surface area contributed by atoms with Crippen molar-refractivity contribution in [3.8, 4) is 0 Å². The SMILES string of the molecule is CC1(C)CC(OC(N)=O)CC(C)(C)N1O.Cl.Cl. The largest absolute Gasteiger partial charge is 0.446 e. The Hall–Kier alpha value is -0.230. The van der Waals surface area contributed by atoms with Crippen LogP contribution in [0, 0.1) is 0 Å². The zero-order chi connectivity index (χ0) is 11.9. The number of halogens is 2. The van der Waals surface area contributed by atoms with Crippen molar-refractivity contribution in [2.45, 2.75) is 57.7 Å². The maximum atomic E-state index is 10.7. The van der Waals surface area contributed by atoms with E-state index >= 15 is 0 Å². The minimum absolute atomic E-state index is 0. The molecule has 104 valence electrons. The second kappa shape index (κ2) is 6.09. The molecule has 0 aromatic heterocycles. The highest BCUT2D eigenvalue weighted by molar-refractivity contribution is 5.85. The molecule has 1 aliphatic rings. The lowest BCUT2D eigenvalue weighted by molar-refractivity contribution is -0.256. The van der Waals surface area contributed by atoms with Gasteiger partial charge in [-0.15, -0.1) is 24.8 Å². The standard InChI is InChI=1S/C10H20N2O3.2ClH/c1-9(2)5-7(15-8(11)13)6-10(3,4)12(9)14;;/h7,14H,5-6H2,1-4H3,(H2,11,13);2*1H. The number of primary amides is 1. The Bertz CT molecular complexity index is 254. The quantitative estimate of drug-likeness (QED) is 0.777. The van der Waals surface area contributed by atoms with Gasteiger partial charge < -0.3 is 15.7 Å². The van der Waals surface area contributed by atoms with Crippen molar-refractivity contribution in [1.82, 2.24) is 5.06 Å². The van der Waals surface area contributed by atoms with E-state index < -0.39 is 17.2 Å². The van der Waals surface area contributed by atoms with Gasteiger partial charge in [0.2, 0.25) is 0 Å². The molecule has 17 heavy (non-hydrogen) atoms. The van der Waals surface area contributed by atoms with Crippen LogP contribution in [0.25, 0.3) is 0 Å². The molecule has 0 spiro atoms. The average Bonchev–Trinajstić information content (AvgIpc) is 1.97. The summed E-state index contributed by atoms with van der Waals surface area (Å²) < 4.78 is 5.01. The molecule has 1 amide bonds. The fraction of sp³-hybridized carbons (Fsp3) is 0.900. The molecular weight excluding hydrogens is 267 g/mol. The van der Waals surface area contributed by atoms with Gasteiger partial charge in [0.1, 0.15) is 6.10 Å². The Labute approximate surface area is 114 Å². The maximum absolute atomic E-state index is 10.7. The first-order chi connectivity index (χ1) is 6.65. The van der Waals surface area contributed by atoms with E-state index in [0.717, 1.165) is 0 Å². The third kappa shape index (κ3) is 4.50. The Morgan fingerprint density at radius 1 is 1.24 bits per heavy atom. The maximum Gasteiger partial charge on any atom is 0.404 e. The lowest BCUT2D eigenvalue weighted by Crippen LogP contribution is -2.60. The van der Waals surface area contributed by atoms with Crippen molar-refractivity contribution in [2.24, 2.45) is 5.73 Å². The fourth-order valence-electron chi connectivity index (χ4n) is 2.43. The summed E-state index contributed by atoms with van der Waals surface area (Å²) in [6.07, 6.45) is 0.181. The molecule has 5 nitrogen and oxygen atoms in total. The normalized spacial score (nSPS) is 23.1. The van der Waals surface area contributed by atoms with E-state index in [9.17, 15) is 10.0 Å². The molecule has 1 heterocycles. The van der Waals surface area contributed by atoms with E-state index in [1.54, 1.807) is 0 Å².